The highest BCUT2D eigenvalue weighted by atomic mass is 16.6. The number of ether oxygens (including phenoxy) is 3. The van der Waals surface area contributed by atoms with Crippen LogP contribution in [0.4, 0.5) is 0 Å². The second kappa shape index (κ2) is 7.91. The predicted molar refractivity (Wildman–Crippen MR) is 80.2 cm³/mol. The molecule has 0 amide bonds. The summed E-state index contributed by atoms with van der Waals surface area (Å²) in [6.45, 7) is 3.28. The van der Waals surface area contributed by atoms with E-state index in [0.717, 1.165) is 52.1 Å². The Balaban J connectivity index is 1.13. The molecule has 2 saturated carbocycles. The molecule has 122 valence electrons. The van der Waals surface area contributed by atoms with Gasteiger partial charge in [-0.2, -0.15) is 0 Å². The Kier molecular flexibility index (Phi) is 5.92. The van der Waals surface area contributed by atoms with Crippen molar-refractivity contribution in [3.63, 3.8) is 0 Å². The Morgan fingerprint density at radius 3 is 2.33 bits per heavy atom. The number of rotatable bonds is 8. The van der Waals surface area contributed by atoms with Crippen LogP contribution in [0.5, 0.6) is 0 Å². The van der Waals surface area contributed by atoms with Gasteiger partial charge in [-0.3, -0.25) is 0 Å². The van der Waals surface area contributed by atoms with Gasteiger partial charge in [0.1, 0.15) is 0 Å². The van der Waals surface area contributed by atoms with E-state index in [0.29, 0.717) is 24.0 Å². The highest BCUT2D eigenvalue weighted by Gasteiger charge is 2.43. The fourth-order valence-corrected chi connectivity index (χ4v) is 3.82. The van der Waals surface area contributed by atoms with Crippen molar-refractivity contribution < 1.29 is 19.3 Å². The number of hydrogen-bond donors (Lipinski definition) is 1. The Morgan fingerprint density at radius 2 is 1.62 bits per heavy atom. The lowest BCUT2D eigenvalue weighted by Gasteiger charge is -2.25. The van der Waals surface area contributed by atoms with Crippen LogP contribution in [-0.4, -0.2) is 49.8 Å². The molecule has 1 aliphatic heterocycles. The first-order chi connectivity index (χ1) is 10.3. The first-order valence-electron chi connectivity index (χ1n) is 8.80. The number of aliphatic hydroxyl groups is 1. The summed E-state index contributed by atoms with van der Waals surface area (Å²) in [4.78, 5) is 0. The van der Waals surface area contributed by atoms with Crippen LogP contribution in [0.25, 0.3) is 0 Å². The molecular formula is C17H30O4. The van der Waals surface area contributed by atoms with E-state index in [1.807, 2.05) is 0 Å². The summed E-state index contributed by atoms with van der Waals surface area (Å²) in [6.07, 6.45) is 9.97. The third kappa shape index (κ3) is 5.20. The monoisotopic (exact) mass is 298 g/mol. The van der Waals surface area contributed by atoms with Gasteiger partial charge in [0.2, 0.25) is 0 Å². The molecule has 0 spiro atoms. The van der Waals surface area contributed by atoms with Gasteiger partial charge in [-0.25, -0.2) is 0 Å². The first-order valence-corrected chi connectivity index (χ1v) is 8.80. The molecule has 4 nitrogen and oxygen atoms in total. The van der Waals surface area contributed by atoms with Crippen molar-refractivity contribution in [3.8, 4) is 0 Å². The second-order valence-corrected chi connectivity index (χ2v) is 7.08. The average Bonchev–Trinajstić information content (AvgIpc) is 3.25. The zero-order chi connectivity index (χ0) is 14.5. The standard InChI is InChI=1S/C17H30O4/c18-15-4-1-3-13(9-15)11-19-7-2-8-20-12-14-5-6-16-17(10-14)21-16/h13-18H,1-12H2. The van der Waals surface area contributed by atoms with Crippen molar-refractivity contribution >= 4 is 0 Å². The van der Waals surface area contributed by atoms with E-state index >= 15 is 0 Å². The maximum absolute atomic E-state index is 9.61. The fourth-order valence-electron chi connectivity index (χ4n) is 3.82. The second-order valence-electron chi connectivity index (χ2n) is 7.08. The van der Waals surface area contributed by atoms with Crippen LogP contribution in [0, 0.1) is 11.8 Å². The maximum atomic E-state index is 9.61. The third-order valence-electron chi connectivity index (χ3n) is 5.15. The number of fused-ring (bicyclic) bond motifs is 1. The molecule has 4 heteroatoms. The van der Waals surface area contributed by atoms with Crippen molar-refractivity contribution in [2.45, 2.75) is 69.7 Å². The van der Waals surface area contributed by atoms with Crippen LogP contribution >= 0.6 is 0 Å². The Labute approximate surface area is 128 Å². The van der Waals surface area contributed by atoms with E-state index in [4.69, 9.17) is 14.2 Å². The minimum Gasteiger partial charge on any atom is -0.393 e. The molecule has 1 saturated heterocycles. The van der Waals surface area contributed by atoms with E-state index in [1.165, 1.54) is 25.7 Å². The van der Waals surface area contributed by atoms with Gasteiger partial charge in [-0.1, -0.05) is 6.42 Å². The minimum atomic E-state index is -0.0961. The van der Waals surface area contributed by atoms with Gasteiger partial charge in [-0.15, -0.1) is 0 Å². The van der Waals surface area contributed by atoms with Gasteiger partial charge in [0.05, 0.1) is 18.3 Å². The zero-order valence-corrected chi connectivity index (χ0v) is 13.0. The molecule has 5 atom stereocenters. The number of epoxide rings is 1. The largest absolute Gasteiger partial charge is 0.393 e. The van der Waals surface area contributed by atoms with Crippen molar-refractivity contribution in [2.24, 2.45) is 11.8 Å². The average molecular weight is 298 g/mol. The number of aliphatic hydroxyl groups excluding tert-OH is 1. The summed E-state index contributed by atoms with van der Waals surface area (Å²) in [6, 6.07) is 0. The molecule has 0 aromatic heterocycles. The van der Waals surface area contributed by atoms with Crippen LogP contribution in [-0.2, 0) is 14.2 Å². The van der Waals surface area contributed by atoms with Crippen LogP contribution in [0.15, 0.2) is 0 Å². The van der Waals surface area contributed by atoms with Gasteiger partial charge < -0.3 is 19.3 Å². The molecule has 3 aliphatic rings. The quantitative estimate of drug-likeness (QED) is 0.552. The first kappa shape index (κ1) is 15.7. The smallest absolute Gasteiger partial charge is 0.0845 e. The minimum absolute atomic E-state index is 0.0961. The predicted octanol–water partition coefficient (Wildman–Crippen LogP) is 2.53. The van der Waals surface area contributed by atoms with E-state index in [2.05, 4.69) is 0 Å². The van der Waals surface area contributed by atoms with Gasteiger partial charge in [-0.05, 0) is 56.8 Å². The lowest BCUT2D eigenvalue weighted by Crippen LogP contribution is -2.23. The van der Waals surface area contributed by atoms with E-state index in [9.17, 15) is 5.11 Å². The summed E-state index contributed by atoms with van der Waals surface area (Å²) in [5, 5.41) is 9.61. The molecule has 2 aliphatic carbocycles. The van der Waals surface area contributed by atoms with E-state index < -0.39 is 0 Å². The van der Waals surface area contributed by atoms with Crippen molar-refractivity contribution in [2.75, 3.05) is 26.4 Å². The van der Waals surface area contributed by atoms with Gasteiger partial charge in [0, 0.05) is 26.4 Å². The zero-order valence-electron chi connectivity index (χ0n) is 13.0. The topological polar surface area (TPSA) is 51.2 Å². The SMILES string of the molecule is OC1CCCC(COCCCOCC2CCC3OC3C2)C1. The van der Waals surface area contributed by atoms with Crippen LogP contribution in [0.2, 0.25) is 0 Å². The molecule has 5 unspecified atom stereocenters. The summed E-state index contributed by atoms with van der Waals surface area (Å²) in [5.74, 6) is 1.27. The van der Waals surface area contributed by atoms with Crippen LogP contribution in [0.1, 0.15) is 51.4 Å². The van der Waals surface area contributed by atoms with Crippen LogP contribution < -0.4 is 0 Å². The lowest BCUT2D eigenvalue weighted by atomic mass is 9.88. The lowest BCUT2D eigenvalue weighted by molar-refractivity contribution is 0.0261. The molecule has 1 heterocycles. The molecule has 21 heavy (non-hydrogen) atoms. The van der Waals surface area contributed by atoms with Crippen molar-refractivity contribution in [1.29, 1.82) is 0 Å². The molecular weight excluding hydrogens is 268 g/mol. The normalized spacial score (nSPS) is 39.0. The van der Waals surface area contributed by atoms with E-state index in [1.54, 1.807) is 0 Å². The fraction of sp³-hybridized carbons (Fsp3) is 1.00. The molecule has 1 N–H and O–H groups in total. The Morgan fingerprint density at radius 1 is 0.857 bits per heavy atom. The third-order valence-corrected chi connectivity index (χ3v) is 5.15. The Hall–Kier alpha value is -0.160. The molecule has 0 radical (unpaired) electrons. The van der Waals surface area contributed by atoms with E-state index in [-0.39, 0.29) is 6.10 Å². The summed E-state index contributed by atoms with van der Waals surface area (Å²) in [5.41, 5.74) is 0. The van der Waals surface area contributed by atoms with Gasteiger partial charge in [0.25, 0.3) is 0 Å². The summed E-state index contributed by atoms with van der Waals surface area (Å²) in [7, 11) is 0. The number of hydrogen-bond acceptors (Lipinski definition) is 4. The molecule has 0 bridgehead atoms. The highest BCUT2D eigenvalue weighted by molar-refractivity contribution is 4.91. The molecule has 0 aromatic carbocycles. The van der Waals surface area contributed by atoms with Gasteiger partial charge >= 0.3 is 0 Å². The maximum Gasteiger partial charge on any atom is 0.0845 e. The Bertz CT molecular complexity index is 299. The summed E-state index contributed by atoms with van der Waals surface area (Å²) >= 11 is 0. The van der Waals surface area contributed by atoms with Crippen molar-refractivity contribution in [1.82, 2.24) is 0 Å². The van der Waals surface area contributed by atoms with Crippen LogP contribution in [0.3, 0.4) is 0 Å². The van der Waals surface area contributed by atoms with Crippen molar-refractivity contribution in [3.05, 3.63) is 0 Å². The summed E-state index contributed by atoms with van der Waals surface area (Å²) < 4.78 is 17.0. The molecule has 3 rings (SSSR count). The highest BCUT2D eigenvalue weighted by Crippen LogP contribution is 2.39. The molecule has 3 fully saturated rings. The molecule has 0 aromatic rings. The van der Waals surface area contributed by atoms with Gasteiger partial charge in [0.15, 0.2) is 0 Å².